The Labute approximate surface area is 402 Å². The fourth-order valence-electron chi connectivity index (χ4n) is 10.1. The molecule has 0 saturated heterocycles. The van der Waals surface area contributed by atoms with Crippen LogP contribution < -0.4 is 14.5 Å². The number of hydrogen-bond acceptors (Lipinski definition) is 4. The average Bonchev–Trinajstić information content (AvgIpc) is 3.93. The molecule has 0 fully saturated rings. The molecule has 0 saturated carbocycles. The quantitative estimate of drug-likeness (QED) is 0.155. The van der Waals surface area contributed by atoms with Gasteiger partial charge in [-0.25, -0.2) is 4.98 Å². The SMILES string of the molecule is Cc1cc(-c2ccccc2)c(N2[CH-]N(c3[c-]c(Oc4[c-]c5c(cc4)c4cccc6c7ccccc7c7ccccc7c7cccnc7n5c64)ccc3)c3ccccc32)c(-c2ccccc2)c1.[Pt]. The van der Waals surface area contributed by atoms with Gasteiger partial charge in [0, 0.05) is 83.2 Å². The van der Waals surface area contributed by atoms with Crippen molar-refractivity contribution in [3.8, 4) is 33.8 Å². The number of para-hydroxylation sites is 3. The summed E-state index contributed by atoms with van der Waals surface area (Å²) in [6.45, 7) is 4.36. The minimum atomic E-state index is 0. The molecule has 12 aromatic rings. The number of benzene rings is 9. The van der Waals surface area contributed by atoms with Crippen LogP contribution in [0.1, 0.15) is 5.56 Å². The van der Waals surface area contributed by atoms with E-state index in [2.05, 4.69) is 222 Å². The van der Waals surface area contributed by atoms with E-state index in [-0.39, 0.29) is 21.1 Å². The van der Waals surface area contributed by atoms with Crippen LogP contribution in [0.2, 0.25) is 0 Å². The third-order valence-electron chi connectivity index (χ3n) is 12.9. The maximum Gasteiger partial charge on any atom is 0.143 e. The monoisotopic (exact) mass is 1040 g/mol. The Morgan fingerprint density at radius 3 is 1.66 bits per heavy atom. The first-order valence-electron chi connectivity index (χ1n) is 22.3. The van der Waals surface area contributed by atoms with Crippen molar-refractivity contribution in [2.24, 2.45) is 0 Å². The second-order valence-corrected chi connectivity index (χ2v) is 16.9. The molecule has 1 aliphatic heterocycles. The number of rotatable bonds is 6. The van der Waals surface area contributed by atoms with E-state index in [4.69, 9.17) is 9.72 Å². The van der Waals surface area contributed by atoms with Gasteiger partial charge in [-0.1, -0.05) is 145 Å². The summed E-state index contributed by atoms with van der Waals surface area (Å²) in [6, 6.07) is 80.3. The molecular weight excluding hydrogens is 1000 g/mol. The Hall–Kier alpha value is -7.98. The van der Waals surface area contributed by atoms with Crippen molar-refractivity contribution in [2.75, 3.05) is 9.80 Å². The number of anilines is 4. The van der Waals surface area contributed by atoms with E-state index < -0.39 is 0 Å². The third kappa shape index (κ3) is 6.69. The number of aryl methyl sites for hydroxylation is 1. The number of hydrogen-bond donors (Lipinski definition) is 0. The van der Waals surface area contributed by atoms with Gasteiger partial charge in [0.2, 0.25) is 0 Å². The molecule has 5 nitrogen and oxygen atoms in total. The maximum atomic E-state index is 6.78. The molecule has 4 heterocycles. The molecule has 6 heteroatoms. The van der Waals surface area contributed by atoms with Crippen LogP contribution in [0.15, 0.2) is 212 Å². The van der Waals surface area contributed by atoms with Gasteiger partial charge < -0.3 is 18.9 Å². The summed E-state index contributed by atoms with van der Waals surface area (Å²) in [5.41, 5.74) is 12.7. The van der Waals surface area contributed by atoms with Gasteiger partial charge in [0.1, 0.15) is 5.65 Å². The zero-order valence-corrected chi connectivity index (χ0v) is 38.6. The van der Waals surface area contributed by atoms with Crippen LogP contribution in [0.3, 0.4) is 0 Å². The number of fused-ring (bicyclic) bond motifs is 11. The predicted octanol–water partition coefficient (Wildman–Crippen LogP) is 16.1. The zero-order chi connectivity index (χ0) is 43.7. The Kier molecular flexibility index (Phi) is 9.96. The van der Waals surface area contributed by atoms with E-state index in [1.807, 2.05) is 30.5 Å². The second-order valence-electron chi connectivity index (χ2n) is 16.9. The standard InChI is InChI=1S/C61H39N4O.Pt/c1-40-35-54(41-17-4-2-5-18-41)59(55(36-40)42-19-6-3-7-20-42)64-39-63(56-30-12-13-31-57(56)64)43-21-14-22-44(37-43)66-45-32-33-50-52-28-15-27-51-48-25-10-8-23-46(48)47-24-9-11-26-49(47)53-29-16-34-62-61(53)65(60(51)52)58(50)38-45;/h2-36,39H,1H3;/q-3;. The van der Waals surface area contributed by atoms with Gasteiger partial charge in [-0.2, -0.15) is 12.1 Å². The molecule has 1 aliphatic rings. The molecule has 0 unspecified atom stereocenters. The molecule has 0 atom stereocenters. The Bertz CT molecular complexity index is 3860. The summed E-state index contributed by atoms with van der Waals surface area (Å²) in [5.74, 6) is 1.17. The molecule has 0 N–H and O–H groups in total. The minimum absolute atomic E-state index is 0. The first-order chi connectivity index (χ1) is 32.7. The van der Waals surface area contributed by atoms with E-state index in [0.29, 0.717) is 11.5 Å². The molecule has 0 bridgehead atoms. The van der Waals surface area contributed by atoms with Gasteiger partial charge in [-0.15, -0.1) is 48.1 Å². The summed E-state index contributed by atoms with van der Waals surface area (Å²) in [6.07, 6.45) is 1.88. The number of nitrogens with zero attached hydrogens (tertiary/aromatic N) is 4. The van der Waals surface area contributed by atoms with Crippen molar-refractivity contribution < 1.29 is 25.8 Å². The Balaban J connectivity index is 0.00000468. The van der Waals surface area contributed by atoms with Gasteiger partial charge in [0.15, 0.2) is 0 Å². The van der Waals surface area contributed by atoms with Gasteiger partial charge in [-0.3, -0.25) is 0 Å². The van der Waals surface area contributed by atoms with Crippen molar-refractivity contribution in [2.45, 2.75) is 6.92 Å². The molecule has 3 aromatic heterocycles. The molecule has 67 heavy (non-hydrogen) atoms. The molecule has 322 valence electrons. The van der Waals surface area contributed by atoms with Crippen molar-refractivity contribution in [3.63, 3.8) is 0 Å². The van der Waals surface area contributed by atoms with Crippen LogP contribution in [0.25, 0.3) is 82.0 Å². The molecule has 0 amide bonds. The van der Waals surface area contributed by atoms with Gasteiger partial charge >= 0.3 is 0 Å². The molecule has 13 rings (SSSR count). The fraction of sp³-hybridized carbons (Fsp3) is 0.0164. The normalized spacial score (nSPS) is 12.3. The number of aromatic nitrogens is 2. The van der Waals surface area contributed by atoms with E-state index in [1.54, 1.807) is 0 Å². The molecule has 9 aromatic carbocycles. The topological polar surface area (TPSA) is 33.0 Å². The molecular formula is C61H39N4OPt-3. The van der Waals surface area contributed by atoms with Crippen LogP contribution in [0.4, 0.5) is 22.7 Å². The van der Waals surface area contributed by atoms with E-state index in [0.717, 1.165) is 88.6 Å². The Morgan fingerprint density at radius 1 is 0.463 bits per heavy atom. The Morgan fingerprint density at radius 2 is 0.985 bits per heavy atom. The van der Waals surface area contributed by atoms with E-state index in [9.17, 15) is 0 Å². The first kappa shape index (κ1) is 40.5. The van der Waals surface area contributed by atoms with Gasteiger partial charge in [0.25, 0.3) is 0 Å². The van der Waals surface area contributed by atoms with Gasteiger partial charge in [0.05, 0.1) is 0 Å². The van der Waals surface area contributed by atoms with Crippen LogP contribution in [0, 0.1) is 25.7 Å². The van der Waals surface area contributed by atoms with Crippen molar-refractivity contribution >= 4 is 82.5 Å². The smallest absolute Gasteiger partial charge is 0.143 e. The third-order valence-corrected chi connectivity index (χ3v) is 12.9. The number of ether oxygens (including phenoxy) is 1. The van der Waals surface area contributed by atoms with E-state index in [1.165, 1.54) is 21.7 Å². The summed E-state index contributed by atoms with van der Waals surface area (Å²) >= 11 is 0. The van der Waals surface area contributed by atoms with Crippen molar-refractivity contribution in [1.29, 1.82) is 0 Å². The number of pyridine rings is 1. The summed E-state index contributed by atoms with van der Waals surface area (Å²) in [5, 5.41) is 9.04. The minimum Gasteiger partial charge on any atom is -0.509 e. The average molecular weight is 1040 g/mol. The second kappa shape index (κ2) is 16.5. The summed E-state index contributed by atoms with van der Waals surface area (Å²) in [7, 11) is 0. The zero-order valence-electron chi connectivity index (χ0n) is 36.3. The maximum absolute atomic E-state index is 6.78. The van der Waals surface area contributed by atoms with Crippen LogP contribution >= 0.6 is 0 Å². The van der Waals surface area contributed by atoms with Gasteiger partial charge in [-0.05, 0) is 86.9 Å². The van der Waals surface area contributed by atoms with Crippen molar-refractivity contribution in [1.82, 2.24) is 9.38 Å². The predicted molar refractivity (Wildman–Crippen MR) is 273 cm³/mol. The molecule has 0 radical (unpaired) electrons. The van der Waals surface area contributed by atoms with Crippen LogP contribution in [-0.4, -0.2) is 9.38 Å². The van der Waals surface area contributed by atoms with Crippen LogP contribution in [0.5, 0.6) is 11.5 Å². The van der Waals surface area contributed by atoms with Crippen LogP contribution in [-0.2, 0) is 21.1 Å². The molecule has 0 aliphatic carbocycles. The fourth-order valence-corrected chi connectivity index (χ4v) is 10.1. The summed E-state index contributed by atoms with van der Waals surface area (Å²) < 4.78 is 9.06. The summed E-state index contributed by atoms with van der Waals surface area (Å²) in [4.78, 5) is 9.65. The van der Waals surface area contributed by atoms with Crippen molar-refractivity contribution in [3.05, 3.63) is 237 Å². The largest absolute Gasteiger partial charge is 0.509 e. The first-order valence-corrected chi connectivity index (χ1v) is 22.3. The van der Waals surface area contributed by atoms with E-state index >= 15 is 0 Å². The molecule has 0 spiro atoms.